The number of amides is 1. The molecule has 1 amide bonds. The maximum Gasteiger partial charge on any atom is 0.339 e. The number of hydrogen-bond acceptors (Lipinski definition) is 5. The molecule has 122 valence electrons. The second kappa shape index (κ2) is 8.03. The molecule has 1 aromatic heterocycles. The Balaban J connectivity index is 1.92. The summed E-state index contributed by atoms with van der Waals surface area (Å²) in [7, 11) is -1.30. The van der Waals surface area contributed by atoms with E-state index in [-0.39, 0.29) is 24.1 Å². The van der Waals surface area contributed by atoms with Crippen LogP contribution in [0.4, 0.5) is 0 Å². The number of nitrogens with one attached hydrogen (secondary N) is 1. The van der Waals surface area contributed by atoms with Crippen molar-refractivity contribution < 1.29 is 18.5 Å². The Kier molecular flexibility index (Phi) is 6.06. The maximum atomic E-state index is 12.1. The summed E-state index contributed by atoms with van der Waals surface area (Å²) >= 11 is 1.54. The van der Waals surface area contributed by atoms with Gasteiger partial charge in [0, 0.05) is 11.1 Å². The van der Waals surface area contributed by atoms with Gasteiger partial charge in [-0.15, -0.1) is 11.3 Å². The Labute approximate surface area is 141 Å². The van der Waals surface area contributed by atoms with E-state index in [1.807, 2.05) is 24.4 Å². The van der Waals surface area contributed by atoms with Gasteiger partial charge >= 0.3 is 5.97 Å². The lowest BCUT2D eigenvalue weighted by atomic mass is 10.2. The topological polar surface area (TPSA) is 72.5 Å². The van der Waals surface area contributed by atoms with Crippen LogP contribution >= 0.6 is 11.3 Å². The van der Waals surface area contributed by atoms with Crippen LogP contribution in [0.25, 0.3) is 0 Å². The zero-order valence-corrected chi connectivity index (χ0v) is 14.4. The monoisotopic (exact) mass is 351 g/mol. The maximum absolute atomic E-state index is 12.1. The van der Waals surface area contributed by atoms with Crippen molar-refractivity contribution in [1.82, 2.24) is 5.32 Å². The summed E-state index contributed by atoms with van der Waals surface area (Å²) in [6.07, 6.45) is 1.49. The second-order valence-corrected chi connectivity index (χ2v) is 7.16. The molecule has 1 heterocycles. The van der Waals surface area contributed by atoms with Crippen LogP contribution in [0.15, 0.2) is 46.7 Å². The Morgan fingerprint density at radius 3 is 2.65 bits per heavy atom. The molecule has 0 aliphatic carbocycles. The smallest absolute Gasteiger partial charge is 0.339 e. The van der Waals surface area contributed by atoms with E-state index in [9.17, 15) is 13.8 Å². The Morgan fingerprint density at radius 1 is 1.26 bits per heavy atom. The van der Waals surface area contributed by atoms with Crippen LogP contribution in [-0.2, 0) is 20.3 Å². The van der Waals surface area contributed by atoms with E-state index in [2.05, 4.69) is 5.32 Å². The van der Waals surface area contributed by atoms with Crippen molar-refractivity contribution >= 4 is 34.0 Å². The molecule has 0 radical (unpaired) electrons. The number of thiophene rings is 1. The summed E-state index contributed by atoms with van der Waals surface area (Å²) in [5.41, 5.74) is 0.215. The molecule has 0 aliphatic rings. The van der Waals surface area contributed by atoms with E-state index < -0.39 is 16.8 Å². The number of esters is 1. The Hall–Kier alpha value is -1.99. The third-order valence-corrected chi connectivity index (χ3v) is 5.13. The molecule has 2 rings (SSSR count). The number of carbonyl (C=O) groups excluding carboxylic acids is 2. The van der Waals surface area contributed by atoms with Crippen LogP contribution in [0.5, 0.6) is 0 Å². The molecule has 5 nitrogen and oxygen atoms in total. The largest absolute Gasteiger partial charge is 0.452 e. The van der Waals surface area contributed by atoms with Crippen LogP contribution in [0, 0.1) is 0 Å². The highest BCUT2D eigenvalue weighted by atomic mass is 32.2. The molecule has 23 heavy (non-hydrogen) atoms. The summed E-state index contributed by atoms with van der Waals surface area (Å²) in [5.74, 6) is -1.04. The predicted molar refractivity (Wildman–Crippen MR) is 89.9 cm³/mol. The van der Waals surface area contributed by atoms with Gasteiger partial charge in [0.1, 0.15) is 0 Å². The SMILES string of the molecule is C[C@H](NC(=O)COC(=O)c1ccccc1[S@](C)=O)c1cccs1. The zero-order valence-electron chi connectivity index (χ0n) is 12.8. The summed E-state index contributed by atoms with van der Waals surface area (Å²) in [5, 5.41) is 4.69. The molecule has 0 fully saturated rings. The Bertz CT molecular complexity index is 713. The molecule has 0 unspecified atom stereocenters. The van der Waals surface area contributed by atoms with Crippen LogP contribution < -0.4 is 5.32 Å². The van der Waals surface area contributed by atoms with E-state index in [0.29, 0.717) is 4.90 Å². The van der Waals surface area contributed by atoms with Crippen molar-refractivity contribution in [2.75, 3.05) is 12.9 Å². The van der Waals surface area contributed by atoms with Gasteiger partial charge in [0.15, 0.2) is 6.61 Å². The zero-order chi connectivity index (χ0) is 16.8. The van der Waals surface area contributed by atoms with Crippen molar-refractivity contribution in [3.63, 3.8) is 0 Å². The standard InChI is InChI=1S/C16H17NO4S2/c1-11(13-7-5-9-22-13)17-15(18)10-21-16(19)12-6-3-4-8-14(12)23(2)20/h3-9,11H,10H2,1-2H3,(H,17,18)/t11-,23-/m0/s1. The molecule has 1 N–H and O–H groups in total. The minimum atomic E-state index is -1.30. The third-order valence-electron chi connectivity index (χ3n) is 3.10. The highest BCUT2D eigenvalue weighted by Gasteiger charge is 2.17. The van der Waals surface area contributed by atoms with Crippen molar-refractivity contribution in [1.29, 1.82) is 0 Å². The van der Waals surface area contributed by atoms with Gasteiger partial charge in [0.25, 0.3) is 5.91 Å². The van der Waals surface area contributed by atoms with E-state index in [4.69, 9.17) is 4.74 Å². The highest BCUT2D eigenvalue weighted by Crippen LogP contribution is 2.18. The van der Waals surface area contributed by atoms with Crippen LogP contribution in [0.3, 0.4) is 0 Å². The van der Waals surface area contributed by atoms with Crippen LogP contribution in [0.2, 0.25) is 0 Å². The van der Waals surface area contributed by atoms with E-state index in [0.717, 1.165) is 4.88 Å². The van der Waals surface area contributed by atoms with Crippen molar-refractivity contribution in [3.05, 3.63) is 52.2 Å². The van der Waals surface area contributed by atoms with E-state index in [1.165, 1.54) is 12.3 Å². The normalized spacial score (nSPS) is 13.1. The molecular weight excluding hydrogens is 334 g/mol. The van der Waals surface area contributed by atoms with Gasteiger partial charge in [-0.25, -0.2) is 4.79 Å². The fraction of sp³-hybridized carbons (Fsp3) is 0.250. The van der Waals surface area contributed by atoms with Gasteiger partial charge in [0.2, 0.25) is 0 Å². The van der Waals surface area contributed by atoms with Gasteiger partial charge in [0.05, 0.1) is 27.3 Å². The number of carbonyl (C=O) groups is 2. The lowest BCUT2D eigenvalue weighted by Gasteiger charge is -2.12. The second-order valence-electron chi connectivity index (χ2n) is 4.83. The first-order valence-corrected chi connectivity index (χ1v) is 9.35. The number of benzene rings is 1. The van der Waals surface area contributed by atoms with Gasteiger partial charge in [-0.2, -0.15) is 0 Å². The quantitative estimate of drug-likeness (QED) is 0.812. The van der Waals surface area contributed by atoms with Crippen LogP contribution in [0.1, 0.15) is 28.2 Å². The molecule has 0 saturated heterocycles. The fourth-order valence-corrected chi connectivity index (χ4v) is 3.45. The molecule has 0 spiro atoms. The average molecular weight is 351 g/mol. The first-order valence-electron chi connectivity index (χ1n) is 6.91. The first kappa shape index (κ1) is 17.4. The van der Waals surface area contributed by atoms with Gasteiger partial charge in [-0.1, -0.05) is 18.2 Å². The van der Waals surface area contributed by atoms with Crippen molar-refractivity contribution in [2.45, 2.75) is 17.9 Å². The molecule has 0 bridgehead atoms. The van der Waals surface area contributed by atoms with Crippen LogP contribution in [-0.4, -0.2) is 28.9 Å². The molecule has 7 heteroatoms. The Morgan fingerprint density at radius 2 is 2.00 bits per heavy atom. The van der Waals surface area contributed by atoms with Gasteiger partial charge in [-0.3, -0.25) is 9.00 Å². The molecular formula is C16H17NO4S2. The summed E-state index contributed by atoms with van der Waals surface area (Å²) in [4.78, 5) is 25.3. The minimum absolute atomic E-state index is 0.142. The lowest BCUT2D eigenvalue weighted by molar-refractivity contribution is -0.124. The lowest BCUT2D eigenvalue weighted by Crippen LogP contribution is -2.30. The first-order chi connectivity index (χ1) is 11.0. The minimum Gasteiger partial charge on any atom is -0.452 e. The molecule has 1 aromatic carbocycles. The number of hydrogen-bond donors (Lipinski definition) is 1. The number of rotatable bonds is 6. The van der Waals surface area contributed by atoms with Crippen molar-refractivity contribution in [3.8, 4) is 0 Å². The van der Waals surface area contributed by atoms with Gasteiger partial charge in [-0.05, 0) is 30.5 Å². The average Bonchev–Trinajstić information content (AvgIpc) is 3.07. The number of ether oxygens (including phenoxy) is 1. The fourth-order valence-electron chi connectivity index (χ4n) is 1.99. The van der Waals surface area contributed by atoms with E-state index in [1.54, 1.807) is 29.5 Å². The summed E-state index contributed by atoms with van der Waals surface area (Å²) in [6.45, 7) is 1.49. The molecule has 2 atom stereocenters. The third kappa shape index (κ3) is 4.74. The van der Waals surface area contributed by atoms with E-state index >= 15 is 0 Å². The van der Waals surface area contributed by atoms with Crippen molar-refractivity contribution in [2.24, 2.45) is 0 Å². The predicted octanol–water partition coefficient (Wildman–Crippen LogP) is 2.52. The summed E-state index contributed by atoms with van der Waals surface area (Å²) in [6, 6.07) is 10.2. The molecule has 0 saturated carbocycles. The molecule has 2 aromatic rings. The summed E-state index contributed by atoms with van der Waals surface area (Å²) < 4.78 is 16.6. The molecule has 0 aliphatic heterocycles. The highest BCUT2D eigenvalue weighted by molar-refractivity contribution is 7.84. The van der Waals surface area contributed by atoms with Gasteiger partial charge < -0.3 is 10.1 Å².